The topological polar surface area (TPSA) is 50.6 Å². The molecule has 1 aliphatic heterocycles. The summed E-state index contributed by atoms with van der Waals surface area (Å²) in [6, 6.07) is 27.9. The number of fused-ring (bicyclic) bond motifs is 1. The van der Waals surface area contributed by atoms with E-state index in [2.05, 4.69) is 28.9 Å². The Morgan fingerprint density at radius 3 is 2.22 bits per heavy atom. The van der Waals surface area contributed by atoms with Crippen LogP contribution in [0.2, 0.25) is 0 Å². The molecular formula is C30H32N4O2. The van der Waals surface area contributed by atoms with Gasteiger partial charge in [-0.2, -0.15) is 0 Å². The molecule has 4 aromatic rings. The van der Waals surface area contributed by atoms with Crippen molar-refractivity contribution in [2.75, 3.05) is 18.1 Å². The van der Waals surface area contributed by atoms with E-state index in [0.717, 1.165) is 53.4 Å². The maximum Gasteiger partial charge on any atom is 0.259 e. The highest BCUT2D eigenvalue weighted by Gasteiger charge is 2.27. The second-order valence-electron chi connectivity index (χ2n) is 9.24. The fourth-order valence-corrected chi connectivity index (χ4v) is 4.57. The van der Waals surface area contributed by atoms with Gasteiger partial charge in [-0.1, -0.05) is 61.9 Å². The lowest BCUT2D eigenvalue weighted by Crippen LogP contribution is -2.48. The minimum Gasteiger partial charge on any atom is -0.457 e. The summed E-state index contributed by atoms with van der Waals surface area (Å²) in [5, 5.41) is 0. The zero-order chi connectivity index (χ0) is 24.9. The summed E-state index contributed by atoms with van der Waals surface area (Å²) in [6.45, 7) is 6.29. The van der Waals surface area contributed by atoms with Crippen molar-refractivity contribution < 1.29 is 4.74 Å². The van der Waals surface area contributed by atoms with E-state index in [0.29, 0.717) is 25.7 Å². The van der Waals surface area contributed by atoms with Crippen LogP contribution in [0.1, 0.15) is 36.6 Å². The number of hydrogen-bond acceptors (Lipinski definition) is 5. The van der Waals surface area contributed by atoms with Gasteiger partial charge in [0.25, 0.3) is 5.56 Å². The molecule has 184 valence electrons. The summed E-state index contributed by atoms with van der Waals surface area (Å²) in [5.41, 5.74) is 3.67. The lowest BCUT2D eigenvalue weighted by molar-refractivity contribution is 0.195. The summed E-state index contributed by atoms with van der Waals surface area (Å²) in [7, 11) is 0. The Labute approximate surface area is 212 Å². The zero-order valence-electron chi connectivity index (χ0n) is 20.9. The average molecular weight is 481 g/mol. The number of ether oxygens (including phenoxy) is 1. The molecule has 1 aliphatic rings. The molecule has 6 heteroatoms. The molecule has 0 fully saturated rings. The number of hydrogen-bond donors (Lipinski definition) is 0. The first-order valence-electron chi connectivity index (χ1n) is 12.6. The largest absolute Gasteiger partial charge is 0.457 e. The Morgan fingerprint density at radius 2 is 1.53 bits per heavy atom. The molecule has 0 saturated carbocycles. The van der Waals surface area contributed by atoms with Gasteiger partial charge in [0.2, 0.25) is 5.95 Å². The van der Waals surface area contributed by atoms with Crippen LogP contribution in [0.15, 0.2) is 89.7 Å². The monoisotopic (exact) mass is 480 g/mol. The molecule has 2 heterocycles. The van der Waals surface area contributed by atoms with E-state index in [9.17, 15) is 4.79 Å². The summed E-state index contributed by atoms with van der Waals surface area (Å²) >= 11 is 0. The number of anilines is 2. The third-order valence-corrected chi connectivity index (χ3v) is 6.55. The SMILES string of the molecule is CCCCN1CN(c2ccc(Oc3ccccc3)cc2)c2nc(C)c(Cc3ccccc3)c(=O)n2C1. The van der Waals surface area contributed by atoms with Gasteiger partial charge in [0.15, 0.2) is 0 Å². The van der Waals surface area contributed by atoms with Crippen LogP contribution in [0.3, 0.4) is 0 Å². The predicted molar refractivity (Wildman–Crippen MR) is 144 cm³/mol. The second-order valence-corrected chi connectivity index (χ2v) is 9.24. The van der Waals surface area contributed by atoms with Gasteiger partial charge in [0.1, 0.15) is 11.5 Å². The Kier molecular flexibility index (Phi) is 7.14. The highest BCUT2D eigenvalue weighted by molar-refractivity contribution is 5.60. The molecule has 0 saturated heterocycles. The van der Waals surface area contributed by atoms with Crippen molar-refractivity contribution in [1.82, 2.24) is 14.5 Å². The van der Waals surface area contributed by atoms with Crippen LogP contribution in [0.25, 0.3) is 0 Å². The van der Waals surface area contributed by atoms with Gasteiger partial charge in [0, 0.05) is 24.2 Å². The first kappa shape index (κ1) is 23.8. The average Bonchev–Trinajstić information content (AvgIpc) is 2.91. The van der Waals surface area contributed by atoms with Crippen LogP contribution >= 0.6 is 0 Å². The van der Waals surface area contributed by atoms with Crippen molar-refractivity contribution in [2.45, 2.75) is 39.8 Å². The fraction of sp³-hybridized carbons (Fsp3) is 0.267. The number of aryl methyl sites for hydroxylation is 1. The van der Waals surface area contributed by atoms with E-state index in [1.54, 1.807) is 0 Å². The molecule has 0 amide bonds. The van der Waals surface area contributed by atoms with Crippen LogP contribution in [0.4, 0.5) is 11.6 Å². The fourth-order valence-electron chi connectivity index (χ4n) is 4.57. The van der Waals surface area contributed by atoms with E-state index in [1.165, 1.54) is 0 Å². The van der Waals surface area contributed by atoms with Crippen molar-refractivity contribution in [1.29, 1.82) is 0 Å². The number of aromatic nitrogens is 2. The Bertz CT molecular complexity index is 1350. The van der Waals surface area contributed by atoms with Crippen molar-refractivity contribution in [3.05, 3.63) is 112 Å². The Balaban J connectivity index is 1.48. The van der Waals surface area contributed by atoms with Gasteiger partial charge in [-0.15, -0.1) is 0 Å². The summed E-state index contributed by atoms with van der Waals surface area (Å²) in [4.78, 5) is 23.2. The zero-order valence-corrected chi connectivity index (χ0v) is 20.9. The number of unbranched alkanes of at least 4 members (excludes halogenated alkanes) is 1. The van der Waals surface area contributed by atoms with E-state index in [-0.39, 0.29) is 5.56 Å². The van der Waals surface area contributed by atoms with E-state index >= 15 is 0 Å². The third-order valence-electron chi connectivity index (χ3n) is 6.55. The normalized spacial score (nSPS) is 13.4. The molecule has 36 heavy (non-hydrogen) atoms. The molecule has 0 spiro atoms. The van der Waals surface area contributed by atoms with Crippen LogP contribution in [-0.2, 0) is 13.1 Å². The highest BCUT2D eigenvalue weighted by Crippen LogP contribution is 2.30. The molecule has 0 unspecified atom stereocenters. The van der Waals surface area contributed by atoms with E-state index in [1.807, 2.05) is 84.3 Å². The van der Waals surface area contributed by atoms with Crippen LogP contribution in [0.5, 0.6) is 11.5 Å². The summed E-state index contributed by atoms with van der Waals surface area (Å²) < 4.78 is 7.81. The van der Waals surface area contributed by atoms with Crippen LogP contribution in [0, 0.1) is 6.92 Å². The quantitative estimate of drug-likeness (QED) is 0.305. The molecule has 0 atom stereocenters. The molecule has 6 nitrogen and oxygen atoms in total. The van der Waals surface area contributed by atoms with E-state index in [4.69, 9.17) is 9.72 Å². The smallest absolute Gasteiger partial charge is 0.259 e. The molecular weight excluding hydrogens is 448 g/mol. The Morgan fingerprint density at radius 1 is 0.861 bits per heavy atom. The van der Waals surface area contributed by atoms with Gasteiger partial charge in [-0.25, -0.2) is 4.98 Å². The van der Waals surface area contributed by atoms with Crippen LogP contribution < -0.4 is 15.2 Å². The molecule has 1 aromatic heterocycles. The van der Waals surface area contributed by atoms with Crippen molar-refractivity contribution in [2.24, 2.45) is 0 Å². The maximum atomic E-state index is 13.7. The molecule has 0 radical (unpaired) electrons. The first-order valence-corrected chi connectivity index (χ1v) is 12.6. The molecule has 0 aliphatic carbocycles. The highest BCUT2D eigenvalue weighted by atomic mass is 16.5. The van der Waals surface area contributed by atoms with Gasteiger partial charge >= 0.3 is 0 Å². The van der Waals surface area contributed by atoms with Gasteiger partial charge in [-0.05, 0) is 55.3 Å². The molecule has 5 rings (SSSR count). The lowest BCUT2D eigenvalue weighted by Gasteiger charge is -2.38. The summed E-state index contributed by atoms with van der Waals surface area (Å²) in [6.07, 6.45) is 2.77. The number of para-hydroxylation sites is 1. The number of benzene rings is 3. The minimum absolute atomic E-state index is 0.0385. The third kappa shape index (κ3) is 5.19. The minimum atomic E-state index is 0.0385. The molecule has 0 N–H and O–H groups in total. The van der Waals surface area contributed by atoms with Crippen LogP contribution in [-0.4, -0.2) is 27.7 Å². The predicted octanol–water partition coefficient (Wildman–Crippen LogP) is 6.10. The van der Waals surface area contributed by atoms with Gasteiger partial charge in [-0.3, -0.25) is 19.2 Å². The Hall–Kier alpha value is -3.90. The number of nitrogens with zero attached hydrogens (tertiary/aromatic N) is 4. The summed E-state index contributed by atoms with van der Waals surface area (Å²) in [5.74, 6) is 2.26. The maximum absolute atomic E-state index is 13.7. The van der Waals surface area contributed by atoms with Gasteiger partial charge < -0.3 is 4.74 Å². The number of rotatable bonds is 8. The molecule has 0 bridgehead atoms. The van der Waals surface area contributed by atoms with Crippen molar-refractivity contribution in [3.8, 4) is 11.5 Å². The standard InChI is InChI=1S/C30H32N4O2/c1-3-4-19-32-21-33(25-15-17-27(18-16-25)36-26-13-9-6-10-14-26)30-31-23(2)28(29(35)34(30)22-32)20-24-11-7-5-8-12-24/h5-18H,3-4,19-22H2,1-2H3. The first-order chi connectivity index (χ1) is 17.6. The van der Waals surface area contributed by atoms with Crippen molar-refractivity contribution >= 4 is 11.6 Å². The second kappa shape index (κ2) is 10.8. The van der Waals surface area contributed by atoms with Gasteiger partial charge in [0.05, 0.1) is 19.0 Å². The molecule has 3 aromatic carbocycles. The van der Waals surface area contributed by atoms with Crippen molar-refractivity contribution in [3.63, 3.8) is 0 Å². The van der Waals surface area contributed by atoms with E-state index < -0.39 is 0 Å². The lowest BCUT2D eigenvalue weighted by atomic mass is 10.1.